The van der Waals surface area contributed by atoms with Crippen molar-refractivity contribution in [2.24, 2.45) is 0 Å². The summed E-state index contributed by atoms with van der Waals surface area (Å²) < 4.78 is 15.5. The highest BCUT2D eigenvalue weighted by Crippen LogP contribution is 2.28. The number of rotatable bonds is 4. The summed E-state index contributed by atoms with van der Waals surface area (Å²) >= 11 is 0. The second-order valence-electron chi connectivity index (χ2n) is 6.77. The Morgan fingerprint density at radius 3 is 2.81 bits per heavy atom. The van der Waals surface area contributed by atoms with Crippen molar-refractivity contribution in [1.82, 2.24) is 19.5 Å². The second-order valence-corrected chi connectivity index (χ2v) is 6.77. The van der Waals surface area contributed by atoms with E-state index >= 15 is 0 Å². The number of ketones is 1. The van der Waals surface area contributed by atoms with Gasteiger partial charge in [-0.25, -0.2) is 4.98 Å². The number of halogens is 1. The number of anilines is 1. The molecule has 4 rings (SSSR count). The molecule has 1 aliphatic carbocycles. The summed E-state index contributed by atoms with van der Waals surface area (Å²) in [6, 6.07) is 4.07. The van der Waals surface area contributed by atoms with Gasteiger partial charge in [-0.3, -0.25) is 4.79 Å². The van der Waals surface area contributed by atoms with Crippen LogP contribution in [0.2, 0.25) is 0 Å². The number of imidazole rings is 1. The number of carbonyl (C=O) groups is 1. The summed E-state index contributed by atoms with van der Waals surface area (Å²) in [7, 11) is 0. The van der Waals surface area contributed by atoms with Crippen LogP contribution in [0.5, 0.6) is 0 Å². The number of fused-ring (bicyclic) bond motifs is 2. The molecule has 134 valence electrons. The van der Waals surface area contributed by atoms with Gasteiger partial charge in [-0.2, -0.15) is 14.4 Å². The Morgan fingerprint density at radius 2 is 2.04 bits per heavy atom. The van der Waals surface area contributed by atoms with E-state index in [-0.39, 0.29) is 11.6 Å². The number of benzene rings is 1. The van der Waals surface area contributed by atoms with Gasteiger partial charge in [0.05, 0.1) is 0 Å². The Bertz CT molecular complexity index is 1040. The fourth-order valence-electron chi connectivity index (χ4n) is 3.66. The molecule has 2 N–H and O–H groups in total. The van der Waals surface area contributed by atoms with Crippen LogP contribution in [0.15, 0.2) is 12.1 Å². The SMILES string of the molecule is CCCn1c(Cc2cc3c(cc2C)CCC3=O)nc2c(N)nc(F)nc21. The van der Waals surface area contributed by atoms with E-state index in [9.17, 15) is 9.18 Å². The molecule has 1 aliphatic rings. The summed E-state index contributed by atoms with van der Waals surface area (Å²) in [5.41, 5.74) is 10.8. The van der Waals surface area contributed by atoms with Crippen molar-refractivity contribution in [3.8, 4) is 0 Å². The number of carbonyl (C=O) groups excluding carboxylic acids is 1. The van der Waals surface area contributed by atoms with Crippen molar-refractivity contribution in [3.63, 3.8) is 0 Å². The van der Waals surface area contributed by atoms with Gasteiger partial charge in [0.15, 0.2) is 22.8 Å². The zero-order chi connectivity index (χ0) is 18.4. The molecule has 2 heterocycles. The molecule has 0 bridgehead atoms. The fraction of sp³-hybridized carbons (Fsp3) is 0.368. The Hall–Kier alpha value is -2.83. The molecule has 6 nitrogen and oxygen atoms in total. The van der Waals surface area contributed by atoms with Crippen molar-refractivity contribution < 1.29 is 9.18 Å². The Morgan fingerprint density at radius 1 is 1.23 bits per heavy atom. The fourth-order valence-corrected chi connectivity index (χ4v) is 3.66. The lowest BCUT2D eigenvalue weighted by atomic mass is 9.98. The van der Waals surface area contributed by atoms with Crippen LogP contribution in [0.3, 0.4) is 0 Å². The predicted octanol–water partition coefficient (Wildman–Crippen LogP) is 2.99. The van der Waals surface area contributed by atoms with Crippen LogP contribution in [-0.4, -0.2) is 25.3 Å². The highest BCUT2D eigenvalue weighted by molar-refractivity contribution is 6.00. The number of nitrogens with two attached hydrogens (primary N) is 1. The van der Waals surface area contributed by atoms with Crippen LogP contribution in [-0.2, 0) is 19.4 Å². The molecule has 0 fully saturated rings. The van der Waals surface area contributed by atoms with E-state index in [0.29, 0.717) is 30.6 Å². The van der Waals surface area contributed by atoms with Crippen molar-refractivity contribution in [3.05, 3.63) is 46.3 Å². The Balaban J connectivity index is 1.83. The van der Waals surface area contributed by atoms with E-state index in [1.54, 1.807) is 0 Å². The van der Waals surface area contributed by atoms with Gasteiger partial charge in [0, 0.05) is 24.9 Å². The minimum atomic E-state index is -0.849. The van der Waals surface area contributed by atoms with Crippen LogP contribution in [0.1, 0.15) is 52.6 Å². The van der Waals surface area contributed by atoms with Gasteiger partial charge >= 0.3 is 6.08 Å². The molecule has 7 heteroatoms. The number of hydrogen-bond acceptors (Lipinski definition) is 5. The maximum Gasteiger partial charge on any atom is 0.312 e. The lowest BCUT2D eigenvalue weighted by molar-refractivity contribution is 0.0994. The summed E-state index contributed by atoms with van der Waals surface area (Å²) in [4.78, 5) is 24.1. The first-order valence-electron chi connectivity index (χ1n) is 8.81. The van der Waals surface area contributed by atoms with Crippen molar-refractivity contribution in [1.29, 1.82) is 0 Å². The topological polar surface area (TPSA) is 86.7 Å². The Kier molecular flexibility index (Phi) is 3.94. The lowest BCUT2D eigenvalue weighted by Gasteiger charge is -2.11. The van der Waals surface area contributed by atoms with Gasteiger partial charge < -0.3 is 10.3 Å². The van der Waals surface area contributed by atoms with E-state index < -0.39 is 6.08 Å². The summed E-state index contributed by atoms with van der Waals surface area (Å²) in [5, 5.41) is 0. The first kappa shape index (κ1) is 16.6. The molecule has 2 aromatic heterocycles. The van der Waals surface area contributed by atoms with E-state index in [0.717, 1.165) is 40.9 Å². The van der Waals surface area contributed by atoms with E-state index in [4.69, 9.17) is 5.73 Å². The predicted molar refractivity (Wildman–Crippen MR) is 96.6 cm³/mol. The molecule has 0 saturated carbocycles. The van der Waals surface area contributed by atoms with Crippen molar-refractivity contribution >= 4 is 22.8 Å². The molecule has 0 spiro atoms. The first-order chi connectivity index (χ1) is 12.5. The minimum absolute atomic E-state index is 0.0458. The summed E-state index contributed by atoms with van der Waals surface area (Å²) in [6.07, 6.45) is 1.93. The minimum Gasteiger partial charge on any atom is -0.382 e. The van der Waals surface area contributed by atoms with Crippen LogP contribution >= 0.6 is 0 Å². The molecule has 1 aromatic carbocycles. The van der Waals surface area contributed by atoms with Gasteiger partial charge in [-0.1, -0.05) is 13.0 Å². The van der Waals surface area contributed by atoms with Crippen LogP contribution in [0.4, 0.5) is 10.2 Å². The highest BCUT2D eigenvalue weighted by atomic mass is 19.1. The van der Waals surface area contributed by atoms with E-state index in [2.05, 4.69) is 21.0 Å². The van der Waals surface area contributed by atoms with Gasteiger partial charge in [-0.15, -0.1) is 0 Å². The third kappa shape index (κ3) is 2.64. The lowest BCUT2D eigenvalue weighted by Crippen LogP contribution is -2.07. The molecule has 3 aromatic rings. The van der Waals surface area contributed by atoms with Crippen molar-refractivity contribution in [2.75, 3.05) is 5.73 Å². The van der Waals surface area contributed by atoms with Gasteiger partial charge in [0.25, 0.3) is 0 Å². The number of nitrogens with zero attached hydrogens (tertiary/aromatic N) is 4. The first-order valence-corrected chi connectivity index (χ1v) is 8.81. The maximum atomic E-state index is 13.6. The van der Waals surface area contributed by atoms with E-state index in [1.165, 1.54) is 0 Å². The molecule has 0 aliphatic heterocycles. The molecule has 0 atom stereocenters. The largest absolute Gasteiger partial charge is 0.382 e. The second kappa shape index (κ2) is 6.16. The summed E-state index contributed by atoms with van der Waals surface area (Å²) in [6.45, 7) is 4.74. The number of aromatic nitrogens is 4. The summed E-state index contributed by atoms with van der Waals surface area (Å²) in [5.74, 6) is 0.992. The quantitative estimate of drug-likeness (QED) is 0.729. The smallest absolute Gasteiger partial charge is 0.312 e. The van der Waals surface area contributed by atoms with Crippen LogP contribution in [0, 0.1) is 13.0 Å². The average Bonchev–Trinajstić information content (AvgIpc) is 3.11. The molecular weight excluding hydrogens is 333 g/mol. The zero-order valence-corrected chi connectivity index (χ0v) is 14.8. The van der Waals surface area contributed by atoms with E-state index in [1.807, 2.05) is 24.5 Å². The van der Waals surface area contributed by atoms with Gasteiger partial charge in [0.2, 0.25) is 0 Å². The number of nitrogen functional groups attached to an aromatic ring is 1. The molecule has 0 amide bonds. The molecule has 0 saturated heterocycles. The third-order valence-electron chi connectivity index (χ3n) is 4.95. The van der Waals surface area contributed by atoms with Crippen molar-refractivity contribution in [2.45, 2.75) is 46.1 Å². The average molecular weight is 353 g/mol. The Labute approximate surface area is 150 Å². The van der Waals surface area contributed by atoms with Gasteiger partial charge in [-0.05, 0) is 42.5 Å². The zero-order valence-electron chi connectivity index (χ0n) is 14.8. The monoisotopic (exact) mass is 353 g/mol. The third-order valence-corrected chi connectivity index (χ3v) is 4.95. The normalized spacial score (nSPS) is 13.6. The standard InChI is InChI=1S/C19H20FN5O/c1-3-6-25-15(22-16-17(21)23-19(20)24-18(16)25)9-12-8-13-11(7-10(12)2)4-5-14(13)26/h7-8H,3-6,9H2,1-2H3,(H2,21,23,24). The number of aryl methyl sites for hydroxylation is 3. The molecular formula is C19H20FN5O. The number of Topliss-reactive ketones (excluding diaryl/α,β-unsaturated/α-hetero) is 1. The maximum absolute atomic E-state index is 13.6. The van der Waals surface area contributed by atoms with Gasteiger partial charge in [0.1, 0.15) is 5.82 Å². The number of hydrogen-bond donors (Lipinski definition) is 1. The van der Waals surface area contributed by atoms with Crippen LogP contribution < -0.4 is 5.73 Å². The molecule has 0 unspecified atom stereocenters. The highest BCUT2D eigenvalue weighted by Gasteiger charge is 2.22. The molecule has 26 heavy (non-hydrogen) atoms. The molecule has 0 radical (unpaired) electrons. The van der Waals surface area contributed by atoms with Crippen LogP contribution in [0.25, 0.3) is 11.2 Å².